The van der Waals surface area contributed by atoms with Crippen LogP contribution in [0, 0.1) is 0 Å². The highest BCUT2D eigenvalue weighted by molar-refractivity contribution is 5.86. The fourth-order valence-electron chi connectivity index (χ4n) is 2.66. The molecule has 2 aromatic carbocycles. The molecule has 0 unspecified atom stereocenters. The van der Waals surface area contributed by atoms with Crippen molar-refractivity contribution in [3.63, 3.8) is 0 Å². The Kier molecular flexibility index (Phi) is 5.80. The van der Waals surface area contributed by atoms with Crippen LogP contribution in [0.5, 0.6) is 0 Å². The van der Waals surface area contributed by atoms with Crippen molar-refractivity contribution in [2.24, 2.45) is 0 Å². The van der Waals surface area contributed by atoms with Gasteiger partial charge in [-0.2, -0.15) is 0 Å². The Morgan fingerprint density at radius 2 is 1.92 bits per heavy atom. The van der Waals surface area contributed by atoms with Gasteiger partial charge in [-0.15, -0.1) is 0 Å². The highest BCUT2D eigenvalue weighted by Crippen LogP contribution is 2.18. The van der Waals surface area contributed by atoms with Gasteiger partial charge in [-0.05, 0) is 31.0 Å². The lowest BCUT2D eigenvalue weighted by Crippen LogP contribution is -2.27. The monoisotopic (exact) mass is 338 g/mol. The van der Waals surface area contributed by atoms with E-state index < -0.39 is 0 Å². The van der Waals surface area contributed by atoms with Crippen molar-refractivity contribution in [3.05, 3.63) is 65.9 Å². The standard InChI is InChI=1S/C20H22N2O3/c1-15(16-8-3-2-4-9-16)24-13-7-12-21-20(23)14-18-17-10-5-6-11-19(17)25-22-18/h2-6,8-11,15H,7,12-14H2,1H3,(H,21,23)/t15-/m1/s1. The number of hydrogen-bond donors (Lipinski definition) is 1. The summed E-state index contributed by atoms with van der Waals surface area (Å²) in [6.07, 6.45) is 1.04. The van der Waals surface area contributed by atoms with Gasteiger partial charge in [0.2, 0.25) is 5.91 Å². The number of carbonyl (C=O) groups excluding carboxylic acids is 1. The normalized spacial score (nSPS) is 12.2. The van der Waals surface area contributed by atoms with E-state index in [9.17, 15) is 4.79 Å². The van der Waals surface area contributed by atoms with E-state index in [2.05, 4.69) is 22.6 Å². The first kappa shape index (κ1) is 17.2. The number of fused-ring (bicyclic) bond motifs is 1. The van der Waals surface area contributed by atoms with Crippen molar-refractivity contribution < 1.29 is 14.1 Å². The van der Waals surface area contributed by atoms with Gasteiger partial charge < -0.3 is 14.6 Å². The minimum atomic E-state index is -0.0600. The molecule has 0 saturated carbocycles. The second-order valence-electron chi connectivity index (χ2n) is 5.93. The Balaban J connectivity index is 1.37. The van der Waals surface area contributed by atoms with E-state index in [0.717, 1.165) is 17.4 Å². The second kappa shape index (κ2) is 8.44. The van der Waals surface area contributed by atoms with E-state index >= 15 is 0 Å². The lowest BCUT2D eigenvalue weighted by Gasteiger charge is -2.13. The highest BCUT2D eigenvalue weighted by atomic mass is 16.5. The van der Waals surface area contributed by atoms with Crippen molar-refractivity contribution in [2.45, 2.75) is 25.9 Å². The maximum atomic E-state index is 12.0. The van der Waals surface area contributed by atoms with Crippen LogP contribution in [0.15, 0.2) is 59.1 Å². The van der Waals surface area contributed by atoms with E-state index in [1.54, 1.807) is 0 Å². The summed E-state index contributed by atoms with van der Waals surface area (Å²) in [5, 5.41) is 7.76. The summed E-state index contributed by atoms with van der Waals surface area (Å²) in [4.78, 5) is 12.0. The summed E-state index contributed by atoms with van der Waals surface area (Å²) >= 11 is 0. The maximum Gasteiger partial charge on any atom is 0.226 e. The first-order chi connectivity index (χ1) is 12.2. The average molecular weight is 338 g/mol. The van der Waals surface area contributed by atoms with Crippen molar-refractivity contribution >= 4 is 16.9 Å². The van der Waals surface area contributed by atoms with Gasteiger partial charge in [0, 0.05) is 18.5 Å². The summed E-state index contributed by atoms with van der Waals surface area (Å²) in [7, 11) is 0. The van der Waals surface area contributed by atoms with Crippen molar-refractivity contribution in [1.29, 1.82) is 0 Å². The first-order valence-corrected chi connectivity index (χ1v) is 8.50. The number of benzene rings is 2. The van der Waals surface area contributed by atoms with E-state index in [4.69, 9.17) is 9.26 Å². The molecule has 3 aromatic rings. The zero-order valence-electron chi connectivity index (χ0n) is 14.3. The van der Waals surface area contributed by atoms with Crippen LogP contribution in [0.25, 0.3) is 11.0 Å². The van der Waals surface area contributed by atoms with E-state index in [-0.39, 0.29) is 18.4 Å². The van der Waals surface area contributed by atoms with Gasteiger partial charge in [-0.3, -0.25) is 4.79 Å². The summed E-state index contributed by atoms with van der Waals surface area (Å²) in [6.45, 7) is 3.21. The molecule has 130 valence electrons. The molecule has 0 aliphatic rings. The number of carbonyl (C=O) groups is 1. The Labute approximate surface area is 147 Å². The SMILES string of the molecule is C[C@@H](OCCCNC(=O)Cc1noc2ccccc12)c1ccccc1. The molecular weight excluding hydrogens is 316 g/mol. The third-order valence-electron chi connectivity index (χ3n) is 4.06. The number of ether oxygens (including phenoxy) is 1. The molecule has 0 aliphatic carbocycles. The quantitative estimate of drug-likeness (QED) is 0.637. The molecular formula is C20H22N2O3. The largest absolute Gasteiger partial charge is 0.374 e. The summed E-state index contributed by atoms with van der Waals surface area (Å²) in [5.74, 6) is -0.0600. The van der Waals surface area contributed by atoms with Gasteiger partial charge >= 0.3 is 0 Å². The zero-order valence-corrected chi connectivity index (χ0v) is 14.3. The number of aromatic nitrogens is 1. The summed E-state index contributed by atoms with van der Waals surface area (Å²) in [5.41, 5.74) is 2.53. The molecule has 1 atom stereocenters. The predicted molar refractivity (Wildman–Crippen MR) is 96.1 cm³/mol. The van der Waals surface area contributed by atoms with Crippen LogP contribution < -0.4 is 5.32 Å². The minimum absolute atomic E-state index is 0.0541. The molecule has 1 N–H and O–H groups in total. The molecule has 5 heteroatoms. The van der Waals surface area contributed by atoms with Crippen LogP contribution in [0.1, 0.15) is 30.7 Å². The van der Waals surface area contributed by atoms with Crippen LogP contribution in [0.3, 0.4) is 0 Å². The molecule has 25 heavy (non-hydrogen) atoms. The summed E-state index contributed by atoms with van der Waals surface area (Å²) in [6, 6.07) is 17.6. The fraction of sp³-hybridized carbons (Fsp3) is 0.300. The Morgan fingerprint density at radius 1 is 1.16 bits per heavy atom. The van der Waals surface area contributed by atoms with Crippen LogP contribution in [-0.2, 0) is 16.0 Å². The number of nitrogens with zero attached hydrogens (tertiary/aromatic N) is 1. The van der Waals surface area contributed by atoms with Crippen LogP contribution in [0.2, 0.25) is 0 Å². The topological polar surface area (TPSA) is 64.4 Å². The highest BCUT2D eigenvalue weighted by Gasteiger charge is 2.11. The number of amides is 1. The minimum Gasteiger partial charge on any atom is -0.374 e. The van der Waals surface area contributed by atoms with Crippen LogP contribution in [0.4, 0.5) is 0 Å². The molecule has 1 aromatic heterocycles. The molecule has 0 saturated heterocycles. The Bertz CT molecular complexity index is 814. The van der Waals surface area contributed by atoms with Gasteiger partial charge in [0.1, 0.15) is 5.69 Å². The number of nitrogens with one attached hydrogen (secondary N) is 1. The van der Waals surface area contributed by atoms with Crippen LogP contribution in [-0.4, -0.2) is 24.2 Å². The second-order valence-corrected chi connectivity index (χ2v) is 5.93. The van der Waals surface area contributed by atoms with Crippen LogP contribution >= 0.6 is 0 Å². The average Bonchev–Trinajstić information content (AvgIpc) is 3.05. The number of hydrogen-bond acceptors (Lipinski definition) is 4. The fourth-order valence-corrected chi connectivity index (χ4v) is 2.66. The number of rotatable bonds is 8. The summed E-state index contributed by atoms with van der Waals surface area (Å²) < 4.78 is 11.0. The van der Waals surface area contributed by atoms with E-state index in [1.807, 2.05) is 49.4 Å². The molecule has 3 rings (SSSR count). The maximum absolute atomic E-state index is 12.0. The molecule has 0 aliphatic heterocycles. The molecule has 0 radical (unpaired) electrons. The third-order valence-corrected chi connectivity index (χ3v) is 4.06. The first-order valence-electron chi connectivity index (χ1n) is 8.50. The molecule has 5 nitrogen and oxygen atoms in total. The van der Waals surface area contributed by atoms with Crippen molar-refractivity contribution in [2.75, 3.05) is 13.2 Å². The number of para-hydroxylation sites is 1. The Morgan fingerprint density at radius 3 is 2.76 bits per heavy atom. The van der Waals surface area contributed by atoms with Crippen molar-refractivity contribution in [1.82, 2.24) is 10.5 Å². The lowest BCUT2D eigenvalue weighted by atomic mass is 10.1. The van der Waals surface area contributed by atoms with Crippen molar-refractivity contribution in [3.8, 4) is 0 Å². The molecule has 0 fully saturated rings. The molecule has 0 bridgehead atoms. The van der Waals surface area contributed by atoms with Gasteiger partial charge in [0.05, 0.1) is 12.5 Å². The van der Waals surface area contributed by atoms with Gasteiger partial charge in [0.25, 0.3) is 0 Å². The van der Waals surface area contributed by atoms with Gasteiger partial charge in [-0.1, -0.05) is 47.6 Å². The van der Waals surface area contributed by atoms with E-state index in [1.165, 1.54) is 0 Å². The van der Waals surface area contributed by atoms with E-state index in [0.29, 0.717) is 24.4 Å². The molecule has 1 amide bonds. The zero-order chi connectivity index (χ0) is 17.5. The molecule has 1 heterocycles. The Hall–Kier alpha value is -2.66. The van der Waals surface area contributed by atoms with Gasteiger partial charge in [-0.25, -0.2) is 0 Å². The molecule has 0 spiro atoms. The van der Waals surface area contributed by atoms with Gasteiger partial charge in [0.15, 0.2) is 5.58 Å². The third kappa shape index (κ3) is 4.67. The lowest BCUT2D eigenvalue weighted by molar-refractivity contribution is -0.120. The predicted octanol–water partition coefficient (Wildman–Crippen LogP) is 3.65. The smallest absolute Gasteiger partial charge is 0.226 e.